The van der Waals surface area contributed by atoms with Crippen molar-refractivity contribution in [2.24, 2.45) is 0 Å². The van der Waals surface area contributed by atoms with Crippen LogP contribution in [-0.2, 0) is 20.4 Å². The van der Waals surface area contributed by atoms with E-state index in [2.05, 4.69) is 4.74 Å². The Morgan fingerprint density at radius 1 is 1.16 bits per heavy atom. The number of rotatable bonds is 1. The van der Waals surface area contributed by atoms with Gasteiger partial charge in [0.1, 0.15) is 5.60 Å². The van der Waals surface area contributed by atoms with Gasteiger partial charge in [-0.1, -0.05) is 12.1 Å². The molecule has 1 aromatic rings. The summed E-state index contributed by atoms with van der Waals surface area (Å²) in [5.41, 5.74) is -1.61. The number of nitrogens with zero attached hydrogens (tertiary/aromatic N) is 1. The van der Waals surface area contributed by atoms with Gasteiger partial charge in [0.25, 0.3) is 0 Å². The summed E-state index contributed by atoms with van der Waals surface area (Å²) in [6.07, 6.45) is -7.17. The van der Waals surface area contributed by atoms with E-state index in [0.717, 1.165) is 24.3 Å². The molecule has 1 aliphatic heterocycles. The van der Waals surface area contributed by atoms with E-state index in [4.69, 9.17) is 4.74 Å². The summed E-state index contributed by atoms with van der Waals surface area (Å²) in [5.74, 6) is -0.880. The van der Waals surface area contributed by atoms with Crippen LogP contribution in [0, 0.1) is 0 Å². The maximum absolute atomic E-state index is 12.7. The predicted octanol–water partition coefficient (Wildman–Crippen LogP) is 4.05. The van der Waals surface area contributed by atoms with Gasteiger partial charge in [-0.3, -0.25) is 4.79 Å². The van der Waals surface area contributed by atoms with Crippen LogP contribution in [0.3, 0.4) is 0 Å². The fourth-order valence-electron chi connectivity index (χ4n) is 2.24. The number of benzene rings is 1. The number of halogens is 3. The molecule has 2 amide bonds. The minimum absolute atomic E-state index is 0.184. The molecule has 1 atom stereocenters. The number of alkyl halides is 3. The highest BCUT2D eigenvalue weighted by atomic mass is 19.4. The molecule has 0 unspecified atom stereocenters. The van der Waals surface area contributed by atoms with Crippen molar-refractivity contribution >= 4 is 18.2 Å². The Balaban J connectivity index is 2.35. The number of ether oxygens (including phenoxy) is 2. The van der Waals surface area contributed by atoms with Crippen molar-refractivity contribution in [2.75, 3.05) is 0 Å². The molecule has 25 heavy (non-hydrogen) atoms. The van der Waals surface area contributed by atoms with Gasteiger partial charge in [-0.05, 0) is 38.5 Å². The predicted molar refractivity (Wildman–Crippen MR) is 78.4 cm³/mol. The summed E-state index contributed by atoms with van der Waals surface area (Å²) in [6, 6.07) is 2.74. The van der Waals surface area contributed by atoms with E-state index in [1.54, 1.807) is 20.8 Å². The average molecular weight is 359 g/mol. The molecular weight excluding hydrogens is 343 g/mol. The Hall–Kier alpha value is -2.58. The number of carbonyl (C=O) groups excluding carboxylic acids is 3. The van der Waals surface area contributed by atoms with Crippen LogP contribution in [0.5, 0.6) is 0 Å². The zero-order valence-electron chi connectivity index (χ0n) is 13.7. The van der Waals surface area contributed by atoms with Gasteiger partial charge in [0, 0.05) is 0 Å². The number of hydrogen-bond acceptors (Lipinski definition) is 5. The molecule has 136 valence electrons. The van der Waals surface area contributed by atoms with Crippen LogP contribution in [0.15, 0.2) is 24.3 Å². The number of imide groups is 1. The lowest BCUT2D eigenvalue weighted by atomic mass is 10.00. The monoisotopic (exact) mass is 359 g/mol. The van der Waals surface area contributed by atoms with E-state index < -0.39 is 41.5 Å². The summed E-state index contributed by atoms with van der Waals surface area (Å²) < 4.78 is 47.5. The lowest BCUT2D eigenvalue weighted by Crippen LogP contribution is -2.48. The van der Waals surface area contributed by atoms with Crippen LogP contribution >= 0.6 is 0 Å². The second-order valence-corrected chi connectivity index (χ2v) is 6.43. The van der Waals surface area contributed by atoms with Gasteiger partial charge in [-0.25, -0.2) is 14.5 Å². The number of cyclic esters (lactones) is 2. The molecule has 0 aromatic heterocycles. The fourth-order valence-corrected chi connectivity index (χ4v) is 2.24. The summed E-state index contributed by atoms with van der Waals surface area (Å²) in [6.45, 7) is 4.75. The molecule has 1 heterocycles. The van der Waals surface area contributed by atoms with Crippen LogP contribution in [-0.4, -0.2) is 28.7 Å². The van der Waals surface area contributed by atoms with E-state index in [1.165, 1.54) is 0 Å². The molecule has 1 saturated heterocycles. The smallest absolute Gasteiger partial charge is 0.427 e. The van der Waals surface area contributed by atoms with Gasteiger partial charge in [-0.2, -0.15) is 13.2 Å². The molecule has 1 fully saturated rings. The van der Waals surface area contributed by atoms with Crippen LogP contribution in [0.1, 0.15) is 44.4 Å². The first-order valence-corrected chi connectivity index (χ1v) is 7.32. The zero-order chi connectivity index (χ0) is 19.0. The minimum atomic E-state index is -4.52. The van der Waals surface area contributed by atoms with Gasteiger partial charge < -0.3 is 9.47 Å². The first-order valence-electron chi connectivity index (χ1n) is 7.32. The Morgan fingerprint density at radius 3 is 2.20 bits per heavy atom. The fraction of sp³-hybridized carbons (Fsp3) is 0.438. The molecule has 0 bridgehead atoms. The van der Waals surface area contributed by atoms with E-state index >= 15 is 0 Å². The highest BCUT2D eigenvalue weighted by molar-refractivity contribution is 5.97. The van der Waals surface area contributed by atoms with Crippen molar-refractivity contribution in [3.8, 4) is 0 Å². The average Bonchev–Trinajstić information content (AvgIpc) is 2.43. The van der Waals surface area contributed by atoms with Crippen LogP contribution in [0.2, 0.25) is 0 Å². The van der Waals surface area contributed by atoms with E-state index in [1.807, 2.05) is 0 Å². The number of amides is 2. The standard InChI is InChI=1S/C16H16F3NO5/c1-15(2,3)25-14(23)20-11(8-12(21)24-13(20)22)9-4-6-10(7-5-9)16(17,18)19/h4-7,11H,8H2,1-3H3/t11-/m0/s1. The van der Waals surface area contributed by atoms with Crippen LogP contribution in [0.4, 0.5) is 22.8 Å². The highest BCUT2D eigenvalue weighted by Crippen LogP contribution is 2.34. The zero-order valence-corrected chi connectivity index (χ0v) is 13.7. The third-order valence-corrected chi connectivity index (χ3v) is 3.28. The Bertz CT molecular complexity index is 691. The first kappa shape index (κ1) is 18.8. The van der Waals surface area contributed by atoms with Crippen molar-refractivity contribution in [1.29, 1.82) is 0 Å². The summed E-state index contributed by atoms with van der Waals surface area (Å²) >= 11 is 0. The van der Waals surface area contributed by atoms with E-state index in [0.29, 0.717) is 4.90 Å². The third-order valence-electron chi connectivity index (χ3n) is 3.28. The molecule has 0 saturated carbocycles. The number of hydrogen-bond donors (Lipinski definition) is 0. The van der Waals surface area contributed by atoms with Crippen molar-refractivity contribution < 1.29 is 37.0 Å². The Kier molecular flexibility index (Phi) is 4.79. The van der Waals surface area contributed by atoms with Crippen molar-refractivity contribution in [3.05, 3.63) is 35.4 Å². The first-order chi connectivity index (χ1) is 11.4. The lowest BCUT2D eigenvalue weighted by Gasteiger charge is -2.33. The molecular formula is C16H16F3NO5. The quantitative estimate of drug-likeness (QED) is 0.559. The van der Waals surface area contributed by atoms with Crippen molar-refractivity contribution in [1.82, 2.24) is 4.90 Å². The molecule has 0 aliphatic carbocycles. The van der Waals surface area contributed by atoms with Gasteiger partial charge in [0.2, 0.25) is 0 Å². The van der Waals surface area contributed by atoms with Gasteiger partial charge in [0.15, 0.2) is 0 Å². The summed E-state index contributed by atoms with van der Waals surface area (Å²) in [4.78, 5) is 36.3. The van der Waals surface area contributed by atoms with Crippen LogP contribution < -0.4 is 0 Å². The molecule has 6 nitrogen and oxygen atoms in total. The van der Waals surface area contributed by atoms with Crippen LogP contribution in [0.25, 0.3) is 0 Å². The minimum Gasteiger partial charge on any atom is -0.443 e. The van der Waals surface area contributed by atoms with Crippen molar-refractivity contribution in [2.45, 2.75) is 45.0 Å². The normalized spacial score (nSPS) is 18.8. The molecule has 0 N–H and O–H groups in total. The lowest BCUT2D eigenvalue weighted by molar-refractivity contribution is -0.143. The van der Waals surface area contributed by atoms with Gasteiger partial charge in [0.05, 0.1) is 18.0 Å². The second-order valence-electron chi connectivity index (χ2n) is 6.43. The third kappa shape index (κ3) is 4.49. The SMILES string of the molecule is CC(C)(C)OC(=O)N1C(=O)OC(=O)C[C@H]1c1ccc(C(F)(F)F)cc1. The van der Waals surface area contributed by atoms with Gasteiger partial charge >= 0.3 is 24.3 Å². The van der Waals surface area contributed by atoms with E-state index in [-0.39, 0.29) is 12.0 Å². The maximum atomic E-state index is 12.7. The van der Waals surface area contributed by atoms with Gasteiger partial charge in [-0.15, -0.1) is 0 Å². The maximum Gasteiger partial charge on any atom is 0.427 e. The molecule has 9 heteroatoms. The molecule has 1 aliphatic rings. The molecule has 0 spiro atoms. The largest absolute Gasteiger partial charge is 0.443 e. The molecule has 0 radical (unpaired) electrons. The number of esters is 1. The number of carbonyl (C=O) groups is 3. The summed E-state index contributed by atoms with van der Waals surface area (Å²) in [5, 5.41) is 0. The second kappa shape index (κ2) is 6.38. The topological polar surface area (TPSA) is 72.9 Å². The Morgan fingerprint density at radius 2 is 1.72 bits per heavy atom. The van der Waals surface area contributed by atoms with Crippen molar-refractivity contribution in [3.63, 3.8) is 0 Å². The Labute approximate surface area is 141 Å². The summed E-state index contributed by atoms with van der Waals surface area (Å²) in [7, 11) is 0. The molecule has 1 aromatic carbocycles. The van der Waals surface area contributed by atoms with E-state index in [9.17, 15) is 27.6 Å². The highest BCUT2D eigenvalue weighted by Gasteiger charge is 2.42. The molecule has 2 rings (SSSR count).